The van der Waals surface area contributed by atoms with Gasteiger partial charge in [0.05, 0.1) is 0 Å². The molecule has 0 spiro atoms. The van der Waals surface area contributed by atoms with Crippen LogP contribution in [0.5, 0.6) is 0 Å². The van der Waals surface area contributed by atoms with Gasteiger partial charge >= 0.3 is 9.05 Å². The summed E-state index contributed by atoms with van der Waals surface area (Å²) in [5.74, 6) is 0. The first-order chi connectivity index (χ1) is 2.00. The Morgan fingerprint density at radius 1 is 0.833 bits per heavy atom. The molecule has 0 saturated carbocycles. The van der Waals surface area contributed by atoms with Gasteiger partial charge in [0, 0.05) is 0 Å². The van der Waals surface area contributed by atoms with Gasteiger partial charge in [-0.25, -0.2) is 0 Å². The van der Waals surface area contributed by atoms with Crippen LogP contribution < -0.4 is 0 Å². The van der Waals surface area contributed by atoms with Crippen LogP contribution in [0.15, 0.2) is 0 Å². The van der Waals surface area contributed by atoms with Crippen molar-refractivity contribution in [3.63, 3.8) is 0 Å². The molecular formula is H5IO4Si. The highest BCUT2D eigenvalue weighted by Gasteiger charge is 2.22. The minimum atomic E-state index is -4.61. The quantitative estimate of drug-likeness (QED) is 0.283. The van der Waals surface area contributed by atoms with E-state index in [4.69, 9.17) is 19.2 Å². The second kappa shape index (κ2) is 2.88. The van der Waals surface area contributed by atoms with Crippen LogP contribution in [0.25, 0.3) is 0 Å². The van der Waals surface area contributed by atoms with Gasteiger partial charge in [-0.3, -0.25) is 0 Å². The Kier molecular flexibility index (Phi) is 4.76. The van der Waals surface area contributed by atoms with Crippen molar-refractivity contribution in [3.8, 4) is 0 Å². The Labute approximate surface area is 52.6 Å². The van der Waals surface area contributed by atoms with E-state index in [0.29, 0.717) is 0 Å². The van der Waals surface area contributed by atoms with Gasteiger partial charge in [-0.1, -0.05) is 0 Å². The summed E-state index contributed by atoms with van der Waals surface area (Å²) in [6.07, 6.45) is 0. The van der Waals surface area contributed by atoms with Crippen LogP contribution in [0.1, 0.15) is 0 Å². The van der Waals surface area contributed by atoms with Gasteiger partial charge in [0.1, 0.15) is 0 Å². The second-order valence-corrected chi connectivity index (χ2v) is 1.80. The summed E-state index contributed by atoms with van der Waals surface area (Å²) >= 11 is 0. The van der Waals surface area contributed by atoms with Gasteiger partial charge in [-0.2, -0.15) is 0 Å². The van der Waals surface area contributed by atoms with Crippen LogP contribution in [-0.4, -0.2) is 28.2 Å². The third-order valence-corrected chi connectivity index (χ3v) is 0. The molecule has 0 unspecified atom stereocenters. The van der Waals surface area contributed by atoms with Crippen molar-refractivity contribution in [1.82, 2.24) is 0 Å². The standard InChI is InChI=1S/HI.H4O4Si/c;1-5(2,3)4/h1H;1-4H. The van der Waals surface area contributed by atoms with Gasteiger partial charge in [0.15, 0.2) is 0 Å². The molecule has 6 heavy (non-hydrogen) atoms. The monoisotopic (exact) mass is 224 g/mol. The van der Waals surface area contributed by atoms with E-state index in [1.165, 1.54) is 0 Å². The Morgan fingerprint density at radius 3 is 0.833 bits per heavy atom. The molecule has 0 atom stereocenters. The molecule has 0 aromatic heterocycles. The van der Waals surface area contributed by atoms with E-state index in [9.17, 15) is 0 Å². The summed E-state index contributed by atoms with van der Waals surface area (Å²) in [5, 5.41) is 0. The normalized spacial score (nSPS) is 10.0. The Bertz CT molecular complexity index is 23.0. The molecule has 0 radical (unpaired) electrons. The van der Waals surface area contributed by atoms with E-state index in [2.05, 4.69) is 0 Å². The fraction of sp³-hybridized carbons (Fsp3) is 0. The van der Waals surface area contributed by atoms with Crippen molar-refractivity contribution in [2.45, 2.75) is 0 Å². The lowest BCUT2D eigenvalue weighted by atomic mass is 15.7. The van der Waals surface area contributed by atoms with Crippen molar-refractivity contribution in [3.05, 3.63) is 0 Å². The van der Waals surface area contributed by atoms with Gasteiger partial charge in [-0.05, 0) is 0 Å². The SMILES string of the molecule is I.O[Si](O)(O)O. The third-order valence-electron chi connectivity index (χ3n) is 0. The summed E-state index contributed by atoms with van der Waals surface area (Å²) in [6.45, 7) is 0. The average Bonchev–Trinajstić information content (AvgIpc) is 0.722. The summed E-state index contributed by atoms with van der Waals surface area (Å²) in [4.78, 5) is 29.3. The lowest BCUT2D eigenvalue weighted by Gasteiger charge is -1.91. The zero-order chi connectivity index (χ0) is 4.50. The van der Waals surface area contributed by atoms with Crippen molar-refractivity contribution < 1.29 is 19.2 Å². The van der Waals surface area contributed by atoms with E-state index in [1.807, 2.05) is 0 Å². The molecule has 0 aliphatic rings. The molecule has 0 aliphatic heterocycles. The zero-order valence-electron chi connectivity index (χ0n) is 2.70. The third kappa shape index (κ3) is 111. The second-order valence-electron chi connectivity index (χ2n) is 0.600. The molecule has 0 fully saturated rings. The number of halogens is 1. The zero-order valence-corrected chi connectivity index (χ0v) is 6.03. The van der Waals surface area contributed by atoms with Crippen molar-refractivity contribution in [2.24, 2.45) is 0 Å². The van der Waals surface area contributed by atoms with Crippen molar-refractivity contribution in [1.29, 1.82) is 0 Å². The highest BCUT2D eigenvalue weighted by Crippen LogP contribution is 1.67. The summed E-state index contributed by atoms with van der Waals surface area (Å²) in [6, 6.07) is 0. The first-order valence-electron chi connectivity index (χ1n) is 0.894. The Balaban J connectivity index is 0. The minimum Gasteiger partial charge on any atom is -0.368 e. The fourth-order valence-corrected chi connectivity index (χ4v) is 0. The number of hydrogen-bond acceptors (Lipinski definition) is 4. The number of hydrogen-bond donors (Lipinski definition) is 4. The van der Waals surface area contributed by atoms with E-state index in [1.54, 1.807) is 0 Å². The topological polar surface area (TPSA) is 80.9 Å². The molecule has 0 aliphatic carbocycles. The Hall–Kier alpha value is 0.787. The average molecular weight is 224 g/mol. The minimum absolute atomic E-state index is 0. The van der Waals surface area contributed by atoms with E-state index in [-0.39, 0.29) is 24.0 Å². The van der Waals surface area contributed by atoms with Crippen LogP contribution in [-0.2, 0) is 0 Å². The fourth-order valence-electron chi connectivity index (χ4n) is 0. The Morgan fingerprint density at radius 2 is 0.833 bits per heavy atom. The van der Waals surface area contributed by atoms with Crippen LogP contribution in [0.4, 0.5) is 0 Å². The van der Waals surface area contributed by atoms with Crippen LogP contribution >= 0.6 is 24.0 Å². The smallest absolute Gasteiger partial charge is 0.368 e. The maximum absolute atomic E-state index is 7.33. The molecule has 4 N–H and O–H groups in total. The van der Waals surface area contributed by atoms with Gasteiger partial charge < -0.3 is 19.2 Å². The van der Waals surface area contributed by atoms with Crippen LogP contribution in [0, 0.1) is 0 Å². The molecule has 0 aromatic carbocycles. The first-order valence-corrected chi connectivity index (χ1v) is 2.68. The molecule has 0 heterocycles. The molecule has 0 saturated heterocycles. The molecular weight excluding hydrogens is 219 g/mol. The van der Waals surface area contributed by atoms with Gasteiger partial charge in [0.2, 0.25) is 0 Å². The van der Waals surface area contributed by atoms with Crippen LogP contribution in [0.3, 0.4) is 0 Å². The van der Waals surface area contributed by atoms with E-state index in [0.717, 1.165) is 0 Å². The molecule has 0 amide bonds. The molecule has 4 nitrogen and oxygen atoms in total. The summed E-state index contributed by atoms with van der Waals surface area (Å²) in [7, 11) is -4.61. The number of rotatable bonds is 0. The molecule has 0 rings (SSSR count). The summed E-state index contributed by atoms with van der Waals surface area (Å²) < 4.78 is 0. The van der Waals surface area contributed by atoms with E-state index < -0.39 is 9.05 Å². The lowest BCUT2D eigenvalue weighted by Crippen LogP contribution is -2.33. The van der Waals surface area contributed by atoms with Crippen molar-refractivity contribution >= 4 is 33.0 Å². The van der Waals surface area contributed by atoms with Crippen molar-refractivity contribution in [2.75, 3.05) is 0 Å². The predicted molar refractivity (Wildman–Crippen MR) is 30.0 cm³/mol. The maximum atomic E-state index is 7.33. The van der Waals surface area contributed by atoms with Crippen LogP contribution in [0.2, 0.25) is 0 Å². The molecule has 40 valence electrons. The lowest BCUT2D eigenvalue weighted by molar-refractivity contribution is 0.117. The van der Waals surface area contributed by atoms with Gasteiger partial charge in [0.25, 0.3) is 0 Å². The largest absolute Gasteiger partial charge is 0.668 e. The maximum Gasteiger partial charge on any atom is 0.668 e. The molecule has 0 bridgehead atoms. The molecule has 0 aromatic rings. The first kappa shape index (κ1) is 9.92. The van der Waals surface area contributed by atoms with E-state index >= 15 is 0 Å². The highest BCUT2D eigenvalue weighted by molar-refractivity contribution is 14.0. The highest BCUT2D eigenvalue weighted by atomic mass is 127. The summed E-state index contributed by atoms with van der Waals surface area (Å²) in [5.41, 5.74) is 0. The molecule has 6 heteroatoms. The van der Waals surface area contributed by atoms with Gasteiger partial charge in [-0.15, -0.1) is 24.0 Å². The predicted octanol–water partition coefficient (Wildman–Crippen LogP) is -1.99.